The SMILES string of the molecule is CCC1CCCCN1C(=O)C1CC1C(=O)N1CCN(c2cccc(C)c2C)CC1. The van der Waals surface area contributed by atoms with E-state index in [2.05, 4.69) is 48.8 Å². The number of carbonyl (C=O) groups excluding carboxylic acids is 2. The number of hydrogen-bond donors (Lipinski definition) is 0. The molecule has 3 atom stereocenters. The zero-order valence-electron chi connectivity index (χ0n) is 18.2. The summed E-state index contributed by atoms with van der Waals surface area (Å²) >= 11 is 0. The molecular weight excluding hydrogens is 362 g/mol. The number of piperidine rings is 1. The number of carbonyl (C=O) groups is 2. The summed E-state index contributed by atoms with van der Waals surface area (Å²) < 4.78 is 0. The third-order valence-electron chi connectivity index (χ3n) is 7.31. The summed E-state index contributed by atoms with van der Waals surface area (Å²) in [6, 6.07) is 6.82. The van der Waals surface area contributed by atoms with E-state index in [1.54, 1.807) is 0 Å². The number of rotatable bonds is 4. The van der Waals surface area contributed by atoms with Crippen LogP contribution in [0.2, 0.25) is 0 Å². The Morgan fingerprint density at radius 3 is 2.41 bits per heavy atom. The van der Waals surface area contributed by atoms with Gasteiger partial charge in [-0.25, -0.2) is 0 Å². The van der Waals surface area contributed by atoms with Crippen molar-refractivity contribution in [2.24, 2.45) is 11.8 Å². The van der Waals surface area contributed by atoms with Gasteiger partial charge in [-0.05, 0) is 63.1 Å². The maximum atomic E-state index is 13.0. The molecule has 2 amide bonds. The molecule has 2 aliphatic heterocycles. The number of aryl methyl sites for hydroxylation is 1. The quantitative estimate of drug-likeness (QED) is 0.782. The monoisotopic (exact) mass is 397 g/mol. The first-order valence-corrected chi connectivity index (χ1v) is 11.4. The molecule has 5 heteroatoms. The van der Waals surface area contributed by atoms with Gasteiger partial charge in [-0.3, -0.25) is 9.59 Å². The summed E-state index contributed by atoms with van der Waals surface area (Å²) in [5, 5.41) is 0. The highest BCUT2D eigenvalue weighted by molar-refractivity contribution is 5.92. The molecule has 4 rings (SSSR count). The van der Waals surface area contributed by atoms with Crippen LogP contribution < -0.4 is 4.90 Å². The Balaban J connectivity index is 1.31. The third kappa shape index (κ3) is 4.01. The van der Waals surface area contributed by atoms with E-state index in [1.165, 1.54) is 23.2 Å². The zero-order valence-corrected chi connectivity index (χ0v) is 18.2. The largest absolute Gasteiger partial charge is 0.368 e. The molecule has 1 aromatic carbocycles. The molecule has 158 valence electrons. The third-order valence-corrected chi connectivity index (χ3v) is 7.31. The van der Waals surface area contributed by atoms with Crippen LogP contribution in [0.4, 0.5) is 5.69 Å². The van der Waals surface area contributed by atoms with E-state index in [1.807, 2.05) is 4.90 Å². The molecule has 1 aliphatic carbocycles. The molecule has 0 spiro atoms. The van der Waals surface area contributed by atoms with E-state index < -0.39 is 0 Å². The van der Waals surface area contributed by atoms with E-state index in [-0.39, 0.29) is 23.7 Å². The molecule has 0 aromatic heterocycles. The molecule has 5 nitrogen and oxygen atoms in total. The molecule has 3 fully saturated rings. The number of piperazine rings is 1. The smallest absolute Gasteiger partial charge is 0.226 e. The fourth-order valence-electron chi connectivity index (χ4n) is 5.15. The lowest BCUT2D eigenvalue weighted by Crippen LogP contribution is -2.50. The normalized spacial score (nSPS) is 27.1. The van der Waals surface area contributed by atoms with Crippen molar-refractivity contribution in [3.8, 4) is 0 Å². The molecule has 3 unspecified atom stereocenters. The number of hydrogen-bond acceptors (Lipinski definition) is 3. The lowest BCUT2D eigenvalue weighted by atomic mass is 9.99. The van der Waals surface area contributed by atoms with Crippen molar-refractivity contribution >= 4 is 17.5 Å². The van der Waals surface area contributed by atoms with Gasteiger partial charge in [0.2, 0.25) is 11.8 Å². The van der Waals surface area contributed by atoms with Gasteiger partial charge in [-0.15, -0.1) is 0 Å². The van der Waals surface area contributed by atoms with Crippen molar-refractivity contribution < 1.29 is 9.59 Å². The zero-order chi connectivity index (χ0) is 20.5. The summed E-state index contributed by atoms with van der Waals surface area (Å²) in [6.45, 7) is 10.6. The standard InChI is InChI=1S/C24H35N3O2/c1-4-19-9-5-6-11-27(19)24(29)21-16-20(21)23(28)26-14-12-25(13-15-26)22-10-7-8-17(2)18(22)3/h7-8,10,19-21H,4-6,9,11-16H2,1-3H3. The van der Waals surface area contributed by atoms with Crippen LogP contribution in [0.1, 0.15) is 50.2 Å². The predicted molar refractivity (Wildman–Crippen MR) is 116 cm³/mol. The van der Waals surface area contributed by atoms with Gasteiger partial charge in [0, 0.05) is 44.5 Å². The summed E-state index contributed by atoms with van der Waals surface area (Å²) in [5.41, 5.74) is 3.92. The van der Waals surface area contributed by atoms with Gasteiger partial charge in [0.05, 0.1) is 11.8 Å². The van der Waals surface area contributed by atoms with Gasteiger partial charge < -0.3 is 14.7 Å². The van der Waals surface area contributed by atoms with Crippen LogP contribution in [0, 0.1) is 25.7 Å². The molecule has 2 heterocycles. The van der Waals surface area contributed by atoms with E-state index in [0.29, 0.717) is 6.04 Å². The summed E-state index contributed by atoms with van der Waals surface area (Å²) in [5.74, 6) is 0.304. The Morgan fingerprint density at radius 2 is 1.69 bits per heavy atom. The number of anilines is 1. The van der Waals surface area contributed by atoms with Crippen LogP contribution in [-0.4, -0.2) is 60.4 Å². The first kappa shape index (κ1) is 20.2. The first-order valence-electron chi connectivity index (χ1n) is 11.4. The van der Waals surface area contributed by atoms with Crippen molar-refractivity contribution in [3.05, 3.63) is 29.3 Å². The maximum absolute atomic E-state index is 13.0. The highest BCUT2D eigenvalue weighted by atomic mass is 16.2. The van der Waals surface area contributed by atoms with Crippen molar-refractivity contribution in [2.75, 3.05) is 37.6 Å². The topological polar surface area (TPSA) is 43.9 Å². The Bertz CT molecular complexity index is 769. The molecular formula is C24H35N3O2. The van der Waals surface area contributed by atoms with Crippen molar-refractivity contribution in [1.29, 1.82) is 0 Å². The van der Waals surface area contributed by atoms with Gasteiger partial charge >= 0.3 is 0 Å². The Labute approximate surface area is 175 Å². The molecule has 0 N–H and O–H groups in total. The first-order chi connectivity index (χ1) is 14.0. The van der Waals surface area contributed by atoms with Gasteiger partial charge in [-0.1, -0.05) is 19.1 Å². The Hall–Kier alpha value is -2.04. The van der Waals surface area contributed by atoms with Crippen LogP contribution in [0.25, 0.3) is 0 Å². The number of nitrogens with zero attached hydrogens (tertiary/aromatic N) is 3. The lowest BCUT2D eigenvalue weighted by Gasteiger charge is -2.37. The second-order valence-electron chi connectivity index (χ2n) is 9.07. The van der Waals surface area contributed by atoms with E-state index in [0.717, 1.165) is 58.4 Å². The van der Waals surface area contributed by atoms with Crippen molar-refractivity contribution in [3.63, 3.8) is 0 Å². The van der Waals surface area contributed by atoms with Crippen LogP contribution in [0.15, 0.2) is 18.2 Å². The maximum Gasteiger partial charge on any atom is 0.226 e. The minimum Gasteiger partial charge on any atom is -0.368 e. The van der Waals surface area contributed by atoms with Crippen LogP contribution in [-0.2, 0) is 9.59 Å². The highest BCUT2D eigenvalue weighted by Gasteiger charge is 2.51. The van der Waals surface area contributed by atoms with Gasteiger partial charge in [-0.2, -0.15) is 0 Å². The van der Waals surface area contributed by atoms with Gasteiger partial charge in [0.1, 0.15) is 0 Å². The fourth-order valence-corrected chi connectivity index (χ4v) is 5.15. The molecule has 0 bridgehead atoms. The predicted octanol–water partition coefficient (Wildman–Crippen LogP) is 3.38. The molecule has 29 heavy (non-hydrogen) atoms. The van der Waals surface area contributed by atoms with Gasteiger partial charge in [0.25, 0.3) is 0 Å². The fraction of sp³-hybridized carbons (Fsp3) is 0.667. The molecule has 1 saturated carbocycles. The summed E-state index contributed by atoms with van der Waals surface area (Å²) in [4.78, 5) is 32.5. The number of amides is 2. The van der Waals surface area contributed by atoms with Crippen LogP contribution in [0.5, 0.6) is 0 Å². The van der Waals surface area contributed by atoms with Crippen molar-refractivity contribution in [1.82, 2.24) is 9.80 Å². The van der Waals surface area contributed by atoms with E-state index in [4.69, 9.17) is 0 Å². The molecule has 0 radical (unpaired) electrons. The highest BCUT2D eigenvalue weighted by Crippen LogP contribution is 2.43. The van der Waals surface area contributed by atoms with Gasteiger partial charge in [0.15, 0.2) is 0 Å². The van der Waals surface area contributed by atoms with Crippen LogP contribution in [0.3, 0.4) is 0 Å². The van der Waals surface area contributed by atoms with E-state index in [9.17, 15) is 9.59 Å². The second kappa shape index (κ2) is 8.37. The summed E-state index contributed by atoms with van der Waals surface area (Å²) in [6.07, 6.45) is 5.22. The Morgan fingerprint density at radius 1 is 0.966 bits per heavy atom. The lowest BCUT2D eigenvalue weighted by molar-refractivity contribution is -0.140. The van der Waals surface area contributed by atoms with Crippen LogP contribution >= 0.6 is 0 Å². The average Bonchev–Trinajstić information content (AvgIpc) is 3.56. The molecule has 3 aliphatic rings. The Kier molecular flexibility index (Phi) is 5.84. The number of benzene rings is 1. The summed E-state index contributed by atoms with van der Waals surface area (Å²) in [7, 11) is 0. The van der Waals surface area contributed by atoms with Crippen molar-refractivity contribution in [2.45, 2.75) is 58.9 Å². The minimum atomic E-state index is -0.0748. The molecule has 1 aromatic rings. The second-order valence-corrected chi connectivity index (χ2v) is 9.07. The minimum absolute atomic E-state index is 0.0632. The molecule has 2 saturated heterocycles. The average molecular weight is 398 g/mol. The van der Waals surface area contributed by atoms with E-state index >= 15 is 0 Å². The number of likely N-dealkylation sites (tertiary alicyclic amines) is 1.